The standard InChI is InChI=1S/C32H28ClN5O5/c33-24-5-7-29(23(15-24)17-34)42-20-21-2-1-3-26(14-21)43-25-8-11-37(12-9-25)18-30-36-27-6-4-22(32(39)40)16-28(27)38(30)19-31-35-10-13-41-31/h1-7,10,13-16,25H,8-9,11-12,18-20H2,(H,39,40). The number of carboxylic acids is 1. The Labute approximate surface area is 252 Å². The predicted octanol–water partition coefficient (Wildman–Crippen LogP) is 5.92. The average molecular weight is 598 g/mol. The molecule has 5 aromatic rings. The number of rotatable bonds is 10. The maximum atomic E-state index is 11.6. The number of aromatic carboxylic acids is 1. The number of carbonyl (C=O) groups is 1. The third kappa shape index (κ3) is 6.64. The van der Waals surface area contributed by atoms with Crippen LogP contribution in [-0.4, -0.2) is 49.7 Å². The lowest BCUT2D eigenvalue weighted by Gasteiger charge is -2.32. The smallest absolute Gasteiger partial charge is 0.335 e. The molecule has 218 valence electrons. The molecule has 43 heavy (non-hydrogen) atoms. The molecule has 1 saturated heterocycles. The first-order valence-corrected chi connectivity index (χ1v) is 14.2. The van der Waals surface area contributed by atoms with Gasteiger partial charge in [-0.2, -0.15) is 5.26 Å². The zero-order chi connectivity index (χ0) is 29.8. The molecule has 11 heteroatoms. The Hall–Kier alpha value is -4.85. The van der Waals surface area contributed by atoms with E-state index in [1.807, 2.05) is 28.8 Å². The molecule has 0 aliphatic carbocycles. The fourth-order valence-corrected chi connectivity index (χ4v) is 5.40. The van der Waals surface area contributed by atoms with Gasteiger partial charge in [-0.15, -0.1) is 0 Å². The van der Waals surface area contributed by atoms with Crippen molar-refractivity contribution in [1.82, 2.24) is 19.4 Å². The van der Waals surface area contributed by atoms with Crippen LogP contribution in [0.5, 0.6) is 11.5 Å². The van der Waals surface area contributed by atoms with Gasteiger partial charge in [0.1, 0.15) is 48.9 Å². The number of benzene rings is 3. The highest BCUT2D eigenvalue weighted by atomic mass is 35.5. The normalized spacial score (nSPS) is 14.0. The molecule has 0 radical (unpaired) electrons. The third-order valence-electron chi connectivity index (χ3n) is 7.41. The number of imidazole rings is 1. The van der Waals surface area contributed by atoms with E-state index in [-0.39, 0.29) is 11.7 Å². The van der Waals surface area contributed by atoms with Crippen molar-refractivity contribution in [3.8, 4) is 17.6 Å². The molecule has 1 N–H and O–H groups in total. The Morgan fingerprint density at radius 1 is 1.12 bits per heavy atom. The van der Waals surface area contributed by atoms with Gasteiger partial charge >= 0.3 is 5.97 Å². The molecule has 0 bridgehead atoms. The third-order valence-corrected chi connectivity index (χ3v) is 7.64. The quantitative estimate of drug-likeness (QED) is 0.209. The van der Waals surface area contributed by atoms with Crippen LogP contribution in [0.4, 0.5) is 0 Å². The van der Waals surface area contributed by atoms with Crippen LogP contribution in [0, 0.1) is 11.3 Å². The number of aromatic nitrogens is 3. The molecule has 0 amide bonds. The lowest BCUT2D eigenvalue weighted by Crippen LogP contribution is -2.38. The number of oxazole rings is 1. The molecule has 1 aliphatic rings. The summed E-state index contributed by atoms with van der Waals surface area (Å²) in [6.45, 7) is 2.91. The number of likely N-dealkylation sites (tertiary alicyclic amines) is 1. The summed E-state index contributed by atoms with van der Waals surface area (Å²) in [5, 5.41) is 19.3. The van der Waals surface area contributed by atoms with Crippen molar-refractivity contribution in [2.24, 2.45) is 0 Å². The van der Waals surface area contributed by atoms with Crippen molar-refractivity contribution in [2.75, 3.05) is 13.1 Å². The molecule has 1 aliphatic heterocycles. The lowest BCUT2D eigenvalue weighted by atomic mass is 10.1. The van der Waals surface area contributed by atoms with Crippen LogP contribution in [0.25, 0.3) is 11.0 Å². The fourth-order valence-electron chi connectivity index (χ4n) is 5.23. The molecule has 3 aromatic carbocycles. The molecule has 0 atom stereocenters. The minimum absolute atomic E-state index is 0.0677. The van der Waals surface area contributed by atoms with Crippen LogP contribution in [0.15, 0.2) is 77.5 Å². The van der Waals surface area contributed by atoms with Crippen LogP contribution in [-0.2, 0) is 19.7 Å². The second kappa shape index (κ2) is 12.6. The number of piperidine rings is 1. The van der Waals surface area contributed by atoms with Gasteiger partial charge < -0.3 is 23.6 Å². The van der Waals surface area contributed by atoms with Gasteiger partial charge in [0.05, 0.1) is 34.9 Å². The second-order valence-electron chi connectivity index (χ2n) is 10.3. The van der Waals surface area contributed by atoms with E-state index in [0.29, 0.717) is 41.9 Å². The zero-order valence-electron chi connectivity index (χ0n) is 23.1. The summed E-state index contributed by atoms with van der Waals surface area (Å²) in [6.07, 6.45) is 4.88. The van der Waals surface area contributed by atoms with Crippen LogP contribution < -0.4 is 9.47 Å². The van der Waals surface area contributed by atoms with Crippen molar-refractivity contribution in [3.63, 3.8) is 0 Å². The Bertz CT molecular complexity index is 1790. The van der Waals surface area contributed by atoms with Crippen LogP contribution in [0.1, 0.15) is 46.0 Å². The molecule has 0 unspecified atom stereocenters. The molecule has 1 fully saturated rings. The number of hydrogen-bond acceptors (Lipinski definition) is 8. The van der Waals surface area contributed by atoms with E-state index in [4.69, 9.17) is 30.5 Å². The Morgan fingerprint density at radius 3 is 2.74 bits per heavy atom. The molecule has 2 aromatic heterocycles. The van der Waals surface area contributed by atoms with E-state index in [1.54, 1.807) is 42.6 Å². The molecular formula is C32H28ClN5O5. The van der Waals surface area contributed by atoms with E-state index in [0.717, 1.165) is 54.1 Å². The first kappa shape index (κ1) is 28.3. The fraction of sp³-hybridized carbons (Fsp3) is 0.250. The van der Waals surface area contributed by atoms with Gasteiger partial charge in [-0.3, -0.25) is 4.90 Å². The number of ether oxygens (including phenoxy) is 2. The molecule has 3 heterocycles. The predicted molar refractivity (Wildman–Crippen MR) is 158 cm³/mol. The highest BCUT2D eigenvalue weighted by molar-refractivity contribution is 6.30. The van der Waals surface area contributed by atoms with Crippen molar-refractivity contribution in [2.45, 2.75) is 38.6 Å². The number of carboxylic acid groups (broad SMARTS) is 1. The molecule has 0 saturated carbocycles. The molecular weight excluding hydrogens is 570 g/mol. The van der Waals surface area contributed by atoms with Gasteiger partial charge in [0.25, 0.3) is 0 Å². The largest absolute Gasteiger partial charge is 0.490 e. The van der Waals surface area contributed by atoms with Gasteiger partial charge in [0, 0.05) is 18.1 Å². The summed E-state index contributed by atoms with van der Waals surface area (Å²) in [5.41, 5.74) is 3.00. The molecule has 0 spiro atoms. The van der Waals surface area contributed by atoms with Gasteiger partial charge in [-0.1, -0.05) is 23.7 Å². The highest BCUT2D eigenvalue weighted by Crippen LogP contribution is 2.26. The summed E-state index contributed by atoms with van der Waals surface area (Å²) in [6, 6.07) is 19.9. The summed E-state index contributed by atoms with van der Waals surface area (Å²) < 4.78 is 19.7. The number of hydrogen-bond donors (Lipinski definition) is 1. The van der Waals surface area contributed by atoms with E-state index in [1.165, 1.54) is 6.26 Å². The van der Waals surface area contributed by atoms with Crippen LogP contribution >= 0.6 is 11.6 Å². The maximum Gasteiger partial charge on any atom is 0.335 e. The summed E-state index contributed by atoms with van der Waals surface area (Å²) in [4.78, 5) is 23.0. The molecule has 6 rings (SSSR count). The topological polar surface area (TPSA) is 127 Å². The minimum Gasteiger partial charge on any atom is -0.490 e. The number of nitrogens with zero attached hydrogens (tertiary/aromatic N) is 5. The Balaban J connectivity index is 1.08. The van der Waals surface area contributed by atoms with Crippen LogP contribution in [0.2, 0.25) is 5.02 Å². The lowest BCUT2D eigenvalue weighted by molar-refractivity contribution is 0.0697. The van der Waals surface area contributed by atoms with Crippen molar-refractivity contribution in [1.29, 1.82) is 5.26 Å². The number of fused-ring (bicyclic) bond motifs is 1. The SMILES string of the molecule is N#Cc1cc(Cl)ccc1OCc1cccc(OC2CCN(Cc3nc4ccc(C(=O)O)cc4n3Cc3ncco3)CC2)c1. The van der Waals surface area contributed by atoms with E-state index in [9.17, 15) is 15.2 Å². The van der Waals surface area contributed by atoms with Crippen LogP contribution in [0.3, 0.4) is 0 Å². The minimum atomic E-state index is -0.984. The monoisotopic (exact) mass is 597 g/mol. The second-order valence-corrected chi connectivity index (χ2v) is 10.8. The Kier molecular flexibility index (Phi) is 8.27. The van der Waals surface area contributed by atoms with Gasteiger partial charge in [-0.25, -0.2) is 14.8 Å². The van der Waals surface area contributed by atoms with Gasteiger partial charge in [0.15, 0.2) is 0 Å². The van der Waals surface area contributed by atoms with E-state index in [2.05, 4.69) is 16.0 Å². The van der Waals surface area contributed by atoms with Crippen molar-refractivity contribution >= 4 is 28.6 Å². The summed E-state index contributed by atoms with van der Waals surface area (Å²) >= 11 is 5.99. The van der Waals surface area contributed by atoms with Crippen molar-refractivity contribution < 1.29 is 23.8 Å². The Morgan fingerprint density at radius 2 is 1.98 bits per heavy atom. The zero-order valence-corrected chi connectivity index (χ0v) is 23.9. The van der Waals surface area contributed by atoms with E-state index >= 15 is 0 Å². The highest BCUT2D eigenvalue weighted by Gasteiger charge is 2.23. The van der Waals surface area contributed by atoms with Crippen molar-refractivity contribution in [3.05, 3.63) is 107 Å². The first-order chi connectivity index (χ1) is 20.9. The van der Waals surface area contributed by atoms with Gasteiger partial charge in [-0.05, 0) is 66.9 Å². The van der Waals surface area contributed by atoms with E-state index < -0.39 is 5.97 Å². The number of halogens is 1. The maximum absolute atomic E-state index is 11.6. The summed E-state index contributed by atoms with van der Waals surface area (Å²) in [7, 11) is 0. The number of nitriles is 1. The summed E-state index contributed by atoms with van der Waals surface area (Å²) in [5.74, 6) is 1.63. The van der Waals surface area contributed by atoms with Gasteiger partial charge in [0.2, 0.25) is 5.89 Å². The molecule has 10 nitrogen and oxygen atoms in total. The average Bonchev–Trinajstić information content (AvgIpc) is 3.65. The first-order valence-electron chi connectivity index (χ1n) is 13.9.